The van der Waals surface area contributed by atoms with Crippen LogP contribution in [0.4, 0.5) is 11.4 Å². The fraction of sp³-hybridized carbons (Fsp3) is 0.103. The largest absolute Gasteiger partial charge is 0.495 e. The second kappa shape index (κ2) is 12.3. The zero-order valence-corrected chi connectivity index (χ0v) is 21.2. The molecule has 0 spiro atoms. The summed E-state index contributed by atoms with van der Waals surface area (Å²) in [6.07, 6.45) is 0.239. The van der Waals surface area contributed by atoms with Gasteiger partial charge >= 0.3 is 0 Å². The van der Waals surface area contributed by atoms with E-state index in [-0.39, 0.29) is 18.2 Å². The number of thioether (sulfide) groups is 1. The molecule has 0 heterocycles. The van der Waals surface area contributed by atoms with Crippen LogP contribution in [-0.2, 0) is 16.0 Å². The maximum Gasteiger partial charge on any atom is 0.242 e. The van der Waals surface area contributed by atoms with Crippen LogP contribution in [0.3, 0.4) is 0 Å². The van der Waals surface area contributed by atoms with E-state index in [2.05, 4.69) is 10.6 Å². The van der Waals surface area contributed by atoms with Crippen molar-refractivity contribution in [3.8, 4) is 5.75 Å². The minimum absolute atomic E-state index is 0.131. The molecule has 0 aliphatic rings. The quantitative estimate of drug-likeness (QED) is 0.235. The van der Waals surface area contributed by atoms with Gasteiger partial charge in [0.1, 0.15) is 11.0 Å². The first-order valence-corrected chi connectivity index (χ1v) is 12.6. The van der Waals surface area contributed by atoms with Gasteiger partial charge in [-0.2, -0.15) is 0 Å². The van der Waals surface area contributed by atoms with E-state index in [0.29, 0.717) is 22.1 Å². The molecule has 5 nitrogen and oxygen atoms in total. The lowest BCUT2D eigenvalue weighted by Crippen LogP contribution is -2.19. The van der Waals surface area contributed by atoms with E-state index in [4.69, 9.17) is 16.3 Å². The van der Waals surface area contributed by atoms with E-state index in [9.17, 15) is 9.59 Å². The van der Waals surface area contributed by atoms with Gasteiger partial charge in [-0.15, -0.1) is 11.8 Å². The predicted octanol–water partition coefficient (Wildman–Crippen LogP) is 7.00. The summed E-state index contributed by atoms with van der Waals surface area (Å²) >= 11 is 7.34. The van der Waals surface area contributed by atoms with Crippen LogP contribution < -0.4 is 15.4 Å². The lowest BCUT2D eigenvalue weighted by Gasteiger charge is -2.18. The Morgan fingerprint density at radius 1 is 0.861 bits per heavy atom. The molecule has 1 atom stereocenters. The molecule has 0 radical (unpaired) electrons. The third-order valence-electron chi connectivity index (χ3n) is 5.35. The summed E-state index contributed by atoms with van der Waals surface area (Å²) in [5.41, 5.74) is 3.01. The Morgan fingerprint density at radius 3 is 2.33 bits per heavy atom. The SMILES string of the molecule is COc1ccccc1NC(=O)C(Sc1cccc(NC(=O)Cc2ccc(Cl)cc2)c1)c1ccccc1. The lowest BCUT2D eigenvalue weighted by atomic mass is 10.1. The first-order valence-electron chi connectivity index (χ1n) is 11.3. The highest BCUT2D eigenvalue weighted by Crippen LogP contribution is 2.38. The molecule has 7 heteroatoms. The summed E-state index contributed by atoms with van der Waals surface area (Å²) in [6, 6.07) is 31.6. The van der Waals surface area contributed by atoms with Crippen molar-refractivity contribution in [2.75, 3.05) is 17.7 Å². The van der Waals surface area contributed by atoms with Gasteiger partial charge in [-0.3, -0.25) is 9.59 Å². The van der Waals surface area contributed by atoms with Gasteiger partial charge in [0.05, 0.1) is 19.2 Å². The lowest BCUT2D eigenvalue weighted by molar-refractivity contribution is -0.116. The van der Waals surface area contributed by atoms with Crippen molar-refractivity contribution in [3.63, 3.8) is 0 Å². The van der Waals surface area contributed by atoms with Crippen LogP contribution in [-0.4, -0.2) is 18.9 Å². The number of methoxy groups -OCH3 is 1. The Hall–Kier alpha value is -3.74. The number of nitrogens with one attached hydrogen (secondary N) is 2. The number of hydrogen-bond donors (Lipinski definition) is 2. The second-order valence-corrected chi connectivity index (χ2v) is 9.59. The summed E-state index contributed by atoms with van der Waals surface area (Å²) < 4.78 is 5.38. The molecule has 4 aromatic carbocycles. The smallest absolute Gasteiger partial charge is 0.242 e. The number of halogens is 1. The maximum atomic E-state index is 13.4. The molecule has 0 aliphatic heterocycles. The van der Waals surface area contributed by atoms with Gasteiger partial charge in [0.15, 0.2) is 0 Å². The summed E-state index contributed by atoms with van der Waals surface area (Å²) in [6.45, 7) is 0. The van der Waals surface area contributed by atoms with Gasteiger partial charge in [0.2, 0.25) is 11.8 Å². The molecule has 182 valence electrons. The van der Waals surface area contributed by atoms with E-state index in [0.717, 1.165) is 16.0 Å². The first-order chi connectivity index (χ1) is 17.5. The van der Waals surface area contributed by atoms with Gasteiger partial charge in [0.25, 0.3) is 0 Å². The number of benzene rings is 4. The highest BCUT2D eigenvalue weighted by Gasteiger charge is 2.23. The molecule has 0 bridgehead atoms. The third kappa shape index (κ3) is 6.90. The molecule has 0 saturated heterocycles. The van der Waals surface area contributed by atoms with Crippen molar-refractivity contribution >= 4 is 46.6 Å². The molecule has 0 fully saturated rings. The standard InChI is InChI=1S/C29H25ClN2O3S/c1-35-26-13-6-5-12-25(26)32-29(34)28(21-8-3-2-4-9-21)36-24-11-7-10-23(19-24)31-27(33)18-20-14-16-22(30)17-15-20/h2-17,19,28H,18H2,1H3,(H,31,33)(H,32,34). The monoisotopic (exact) mass is 516 g/mol. The van der Waals surface area contributed by atoms with Crippen molar-refractivity contribution in [1.29, 1.82) is 0 Å². The summed E-state index contributed by atoms with van der Waals surface area (Å²) in [5, 5.41) is 6.05. The fourth-order valence-corrected chi connectivity index (χ4v) is 4.83. The number of carbonyl (C=O) groups is 2. The van der Waals surface area contributed by atoms with Crippen molar-refractivity contribution in [2.45, 2.75) is 16.6 Å². The molecule has 2 N–H and O–H groups in total. The topological polar surface area (TPSA) is 67.4 Å². The molecule has 0 aromatic heterocycles. The molecule has 0 saturated carbocycles. The Morgan fingerprint density at radius 2 is 1.58 bits per heavy atom. The number of anilines is 2. The van der Waals surface area contributed by atoms with Crippen LogP contribution in [0.2, 0.25) is 5.02 Å². The van der Waals surface area contributed by atoms with E-state index in [1.807, 2.05) is 78.9 Å². The molecule has 36 heavy (non-hydrogen) atoms. The van der Waals surface area contributed by atoms with Gasteiger partial charge in [-0.05, 0) is 53.6 Å². The number of para-hydroxylation sites is 2. The van der Waals surface area contributed by atoms with Crippen LogP contribution in [0.5, 0.6) is 5.75 Å². The van der Waals surface area contributed by atoms with Crippen molar-refractivity contribution < 1.29 is 14.3 Å². The van der Waals surface area contributed by atoms with Gasteiger partial charge < -0.3 is 15.4 Å². The molecular formula is C29H25ClN2O3S. The van der Waals surface area contributed by atoms with Crippen LogP contribution >= 0.6 is 23.4 Å². The van der Waals surface area contributed by atoms with Crippen molar-refractivity contribution in [3.05, 3.63) is 119 Å². The van der Waals surface area contributed by atoms with E-state index >= 15 is 0 Å². The highest BCUT2D eigenvalue weighted by atomic mass is 35.5. The average molecular weight is 517 g/mol. The van der Waals surface area contributed by atoms with Crippen molar-refractivity contribution in [2.24, 2.45) is 0 Å². The fourth-order valence-electron chi connectivity index (χ4n) is 3.62. The molecule has 4 aromatic rings. The number of hydrogen-bond acceptors (Lipinski definition) is 4. The van der Waals surface area contributed by atoms with Crippen LogP contribution in [0.1, 0.15) is 16.4 Å². The Bertz CT molecular complexity index is 1330. The van der Waals surface area contributed by atoms with Crippen LogP contribution in [0.15, 0.2) is 108 Å². The predicted molar refractivity (Wildman–Crippen MR) is 147 cm³/mol. The summed E-state index contributed by atoms with van der Waals surface area (Å²) in [7, 11) is 1.57. The van der Waals surface area contributed by atoms with Crippen molar-refractivity contribution in [1.82, 2.24) is 0 Å². The number of ether oxygens (including phenoxy) is 1. The molecule has 0 aliphatic carbocycles. The van der Waals surface area contributed by atoms with Gasteiger partial charge in [-0.1, -0.05) is 72.3 Å². The van der Waals surface area contributed by atoms with E-state index in [1.165, 1.54) is 11.8 Å². The van der Waals surface area contributed by atoms with Crippen LogP contribution in [0.25, 0.3) is 0 Å². The molecule has 2 amide bonds. The maximum absolute atomic E-state index is 13.4. The van der Waals surface area contributed by atoms with E-state index < -0.39 is 5.25 Å². The minimum Gasteiger partial charge on any atom is -0.495 e. The Balaban J connectivity index is 1.50. The molecule has 1 unspecified atom stereocenters. The van der Waals surface area contributed by atoms with Gasteiger partial charge in [-0.25, -0.2) is 0 Å². The van der Waals surface area contributed by atoms with Gasteiger partial charge in [0, 0.05) is 15.6 Å². The molecule has 4 rings (SSSR count). The zero-order valence-electron chi connectivity index (χ0n) is 19.6. The normalized spacial score (nSPS) is 11.4. The first kappa shape index (κ1) is 25.4. The van der Waals surface area contributed by atoms with E-state index in [1.54, 1.807) is 31.4 Å². The third-order valence-corrected chi connectivity index (χ3v) is 6.85. The zero-order chi connectivity index (χ0) is 25.3. The molecular weight excluding hydrogens is 492 g/mol. The Labute approximate surface area is 219 Å². The summed E-state index contributed by atoms with van der Waals surface area (Å²) in [5.74, 6) is 0.286. The second-order valence-electron chi connectivity index (χ2n) is 7.98. The minimum atomic E-state index is -0.517. The van der Waals surface area contributed by atoms with Crippen LogP contribution in [0, 0.1) is 0 Å². The summed E-state index contributed by atoms with van der Waals surface area (Å²) in [4.78, 5) is 26.8. The number of amides is 2. The Kier molecular flexibility index (Phi) is 8.66. The number of rotatable bonds is 9. The number of carbonyl (C=O) groups excluding carboxylic acids is 2. The average Bonchev–Trinajstić information content (AvgIpc) is 2.89. The highest BCUT2D eigenvalue weighted by molar-refractivity contribution is 8.00.